The Bertz CT molecular complexity index is 350. The summed E-state index contributed by atoms with van der Waals surface area (Å²) in [6.45, 7) is 1.96. The van der Waals surface area contributed by atoms with Gasteiger partial charge in [0.2, 0.25) is 0 Å². The molecule has 0 aromatic heterocycles. The van der Waals surface area contributed by atoms with E-state index in [2.05, 4.69) is 10.8 Å². The number of hydrogen-bond acceptors (Lipinski definition) is 4. The van der Waals surface area contributed by atoms with Crippen LogP contribution >= 0.6 is 0 Å². The number of hydrogen-bond donors (Lipinski definition) is 4. The van der Waals surface area contributed by atoms with Gasteiger partial charge in [0.25, 0.3) is 0 Å². The number of benzene rings is 1. The zero-order valence-corrected chi connectivity index (χ0v) is 8.83. The van der Waals surface area contributed by atoms with Crippen LogP contribution in [0.15, 0.2) is 18.2 Å². The van der Waals surface area contributed by atoms with Crippen LogP contribution < -0.4 is 16.5 Å². The molecule has 0 spiro atoms. The summed E-state index contributed by atoms with van der Waals surface area (Å²) in [6, 6.07) is 6.31. The van der Waals surface area contributed by atoms with Crippen LogP contribution in [0.1, 0.15) is 30.1 Å². The molecule has 4 heteroatoms. The minimum atomic E-state index is -0.197. The van der Waals surface area contributed by atoms with E-state index >= 15 is 0 Å². The lowest BCUT2D eigenvalue weighted by molar-refractivity contribution is 0.109. The second-order valence-corrected chi connectivity index (χ2v) is 4.12. The molecule has 2 rings (SSSR count). The predicted molar refractivity (Wildman–Crippen MR) is 59.4 cm³/mol. The molecular weight excluding hydrogens is 190 g/mol. The Morgan fingerprint density at radius 1 is 1.47 bits per heavy atom. The Hall–Kier alpha value is -1.10. The first-order valence-corrected chi connectivity index (χ1v) is 5.22. The number of rotatable bonds is 4. The summed E-state index contributed by atoms with van der Waals surface area (Å²) >= 11 is 0. The molecule has 82 valence electrons. The third kappa shape index (κ3) is 2.47. The zero-order chi connectivity index (χ0) is 10.8. The molecule has 5 N–H and O–H groups in total. The van der Waals surface area contributed by atoms with Crippen molar-refractivity contribution < 1.29 is 5.21 Å². The van der Waals surface area contributed by atoms with Gasteiger partial charge < -0.3 is 10.9 Å². The SMILES string of the molecule is Cc1cc(C(NO)NC2CC2)ccc1N. The quantitative estimate of drug-likeness (QED) is 0.341. The normalized spacial score (nSPS) is 17.7. The van der Waals surface area contributed by atoms with E-state index < -0.39 is 0 Å². The summed E-state index contributed by atoms with van der Waals surface area (Å²) in [5, 5.41) is 12.4. The van der Waals surface area contributed by atoms with Crippen molar-refractivity contribution in [3.63, 3.8) is 0 Å². The molecule has 1 unspecified atom stereocenters. The highest BCUT2D eigenvalue weighted by atomic mass is 16.5. The highest BCUT2D eigenvalue weighted by Gasteiger charge is 2.25. The summed E-state index contributed by atoms with van der Waals surface area (Å²) in [4.78, 5) is 0. The molecule has 1 saturated carbocycles. The average Bonchev–Trinajstić information content (AvgIpc) is 3.02. The summed E-state index contributed by atoms with van der Waals surface area (Å²) in [6.07, 6.45) is 2.18. The summed E-state index contributed by atoms with van der Waals surface area (Å²) in [5.74, 6) is 0. The van der Waals surface area contributed by atoms with Crippen LogP contribution in [0.4, 0.5) is 5.69 Å². The highest BCUT2D eigenvalue weighted by molar-refractivity contribution is 5.48. The fourth-order valence-corrected chi connectivity index (χ4v) is 1.57. The highest BCUT2D eigenvalue weighted by Crippen LogP contribution is 2.24. The van der Waals surface area contributed by atoms with Crippen LogP contribution in [0.5, 0.6) is 0 Å². The Labute approximate surface area is 89.4 Å². The Morgan fingerprint density at radius 3 is 2.73 bits per heavy atom. The molecule has 0 radical (unpaired) electrons. The molecule has 0 heterocycles. The molecule has 1 aliphatic rings. The smallest absolute Gasteiger partial charge is 0.107 e. The maximum atomic E-state index is 9.07. The zero-order valence-electron chi connectivity index (χ0n) is 8.83. The molecule has 1 aromatic carbocycles. The Balaban J connectivity index is 2.13. The molecule has 1 aliphatic carbocycles. The second-order valence-electron chi connectivity index (χ2n) is 4.12. The van der Waals surface area contributed by atoms with E-state index in [4.69, 9.17) is 10.9 Å². The maximum Gasteiger partial charge on any atom is 0.107 e. The topological polar surface area (TPSA) is 70.3 Å². The molecule has 0 amide bonds. The van der Waals surface area contributed by atoms with Gasteiger partial charge >= 0.3 is 0 Å². The first-order valence-electron chi connectivity index (χ1n) is 5.22. The van der Waals surface area contributed by atoms with Gasteiger partial charge in [-0.3, -0.25) is 5.32 Å². The summed E-state index contributed by atoms with van der Waals surface area (Å²) < 4.78 is 0. The van der Waals surface area contributed by atoms with Crippen molar-refractivity contribution in [1.29, 1.82) is 0 Å². The van der Waals surface area contributed by atoms with Gasteiger partial charge in [-0.15, -0.1) is 0 Å². The van der Waals surface area contributed by atoms with Crippen LogP contribution in [-0.2, 0) is 0 Å². The molecule has 15 heavy (non-hydrogen) atoms. The number of hydroxylamine groups is 1. The van der Waals surface area contributed by atoms with Crippen LogP contribution in [0, 0.1) is 6.92 Å². The van der Waals surface area contributed by atoms with Crippen molar-refractivity contribution in [2.24, 2.45) is 0 Å². The van der Waals surface area contributed by atoms with E-state index in [1.165, 1.54) is 12.8 Å². The largest absolute Gasteiger partial charge is 0.399 e. The van der Waals surface area contributed by atoms with Crippen LogP contribution in [0.25, 0.3) is 0 Å². The van der Waals surface area contributed by atoms with Crippen LogP contribution in [-0.4, -0.2) is 11.2 Å². The molecular formula is C11H17N3O. The van der Waals surface area contributed by atoms with Gasteiger partial charge in [0.15, 0.2) is 0 Å². The predicted octanol–water partition coefficient (Wildman–Crippen LogP) is 1.31. The van der Waals surface area contributed by atoms with Gasteiger partial charge in [-0.25, -0.2) is 0 Å². The van der Waals surface area contributed by atoms with Gasteiger partial charge in [-0.1, -0.05) is 12.1 Å². The lowest BCUT2D eigenvalue weighted by Crippen LogP contribution is -2.33. The van der Waals surface area contributed by atoms with Gasteiger partial charge in [0, 0.05) is 11.7 Å². The average molecular weight is 207 g/mol. The molecule has 0 aliphatic heterocycles. The summed E-state index contributed by atoms with van der Waals surface area (Å²) in [7, 11) is 0. The number of nitrogens with two attached hydrogens (primary N) is 1. The van der Waals surface area contributed by atoms with Crippen LogP contribution in [0.3, 0.4) is 0 Å². The fraction of sp³-hybridized carbons (Fsp3) is 0.455. The van der Waals surface area contributed by atoms with Gasteiger partial charge in [-0.2, -0.15) is 5.48 Å². The Kier molecular flexibility index (Phi) is 2.90. The molecule has 0 bridgehead atoms. The first kappa shape index (κ1) is 10.4. The molecule has 0 saturated heterocycles. The van der Waals surface area contributed by atoms with E-state index in [0.717, 1.165) is 16.8 Å². The lowest BCUT2D eigenvalue weighted by Gasteiger charge is -2.17. The number of aryl methyl sites for hydroxylation is 1. The molecule has 1 aromatic rings. The van der Waals surface area contributed by atoms with Crippen molar-refractivity contribution >= 4 is 5.69 Å². The van der Waals surface area contributed by atoms with Crippen LogP contribution in [0.2, 0.25) is 0 Å². The fourth-order valence-electron chi connectivity index (χ4n) is 1.57. The van der Waals surface area contributed by atoms with Crippen molar-refractivity contribution in [3.05, 3.63) is 29.3 Å². The van der Waals surface area contributed by atoms with Crippen molar-refractivity contribution in [3.8, 4) is 0 Å². The van der Waals surface area contributed by atoms with E-state index in [-0.39, 0.29) is 6.17 Å². The molecule has 1 atom stereocenters. The van der Waals surface area contributed by atoms with Gasteiger partial charge in [0.1, 0.15) is 6.17 Å². The summed E-state index contributed by atoms with van der Waals surface area (Å²) in [5.41, 5.74) is 10.8. The van der Waals surface area contributed by atoms with Crippen molar-refractivity contribution in [2.45, 2.75) is 32.0 Å². The lowest BCUT2D eigenvalue weighted by atomic mass is 10.1. The van der Waals surface area contributed by atoms with E-state index in [9.17, 15) is 0 Å². The third-order valence-electron chi connectivity index (χ3n) is 2.74. The van der Waals surface area contributed by atoms with E-state index in [1.54, 1.807) is 0 Å². The number of nitrogens with one attached hydrogen (secondary N) is 2. The molecule has 4 nitrogen and oxygen atoms in total. The third-order valence-corrected chi connectivity index (χ3v) is 2.74. The number of anilines is 1. The minimum Gasteiger partial charge on any atom is -0.399 e. The van der Waals surface area contributed by atoms with E-state index in [1.807, 2.05) is 25.1 Å². The van der Waals surface area contributed by atoms with Crippen molar-refractivity contribution in [2.75, 3.05) is 5.73 Å². The number of nitrogen functional groups attached to an aromatic ring is 1. The second kappa shape index (κ2) is 4.18. The standard InChI is InChI=1S/C11H17N3O/c1-7-6-8(2-5-10(7)12)11(14-15)13-9-3-4-9/h2,5-6,9,11,13-15H,3-4,12H2,1H3. The minimum absolute atomic E-state index is 0.197. The van der Waals surface area contributed by atoms with E-state index in [0.29, 0.717) is 6.04 Å². The molecule has 1 fully saturated rings. The van der Waals surface area contributed by atoms with Crippen molar-refractivity contribution in [1.82, 2.24) is 10.8 Å². The van der Waals surface area contributed by atoms with Gasteiger partial charge in [0.05, 0.1) is 0 Å². The Morgan fingerprint density at radius 2 is 2.20 bits per heavy atom. The van der Waals surface area contributed by atoms with Gasteiger partial charge in [-0.05, 0) is 37.0 Å². The maximum absolute atomic E-state index is 9.07. The monoisotopic (exact) mass is 207 g/mol. The first-order chi connectivity index (χ1) is 7.20.